The molecule has 0 aliphatic carbocycles. The second kappa shape index (κ2) is 7.28. The lowest BCUT2D eigenvalue weighted by Gasteiger charge is -2.06. The molecule has 4 rings (SSSR count). The number of amides is 1. The summed E-state index contributed by atoms with van der Waals surface area (Å²) in [5, 5.41) is 4.88. The molecule has 8 heteroatoms. The summed E-state index contributed by atoms with van der Waals surface area (Å²) in [5.41, 5.74) is 3.19. The van der Waals surface area contributed by atoms with Gasteiger partial charge in [0.2, 0.25) is 5.91 Å². The number of thioether (sulfide) groups is 1. The van der Waals surface area contributed by atoms with Crippen molar-refractivity contribution in [1.29, 1.82) is 0 Å². The van der Waals surface area contributed by atoms with Crippen molar-refractivity contribution in [2.45, 2.75) is 25.4 Å². The summed E-state index contributed by atoms with van der Waals surface area (Å²) in [4.78, 5) is 27.8. The molecule has 0 fully saturated rings. The first-order valence-corrected chi connectivity index (χ1v) is 10.4. The molecule has 3 heterocycles. The topological polar surface area (TPSA) is 72.7 Å². The Morgan fingerprint density at radius 3 is 2.89 bits per heavy atom. The summed E-state index contributed by atoms with van der Waals surface area (Å²) in [6, 6.07) is 7.95. The molecule has 0 aliphatic rings. The lowest BCUT2D eigenvalue weighted by molar-refractivity contribution is -0.118. The quantitative estimate of drug-likeness (QED) is 0.411. The molecule has 1 aromatic carbocycles. The molecule has 0 saturated carbocycles. The SMILES string of the molecule is Cc1sc2ncnc(SCC(=O)NCc3nc4ccccc4n3C)c2c1C. The first-order valence-electron chi connectivity index (χ1n) is 8.55. The minimum atomic E-state index is -0.0385. The van der Waals surface area contributed by atoms with Crippen LogP contribution in [0.5, 0.6) is 0 Å². The third kappa shape index (κ3) is 3.42. The van der Waals surface area contributed by atoms with Gasteiger partial charge in [-0.25, -0.2) is 15.0 Å². The average molecular weight is 398 g/mol. The van der Waals surface area contributed by atoms with Gasteiger partial charge in [-0.3, -0.25) is 4.79 Å². The van der Waals surface area contributed by atoms with Crippen molar-refractivity contribution >= 4 is 50.3 Å². The summed E-state index contributed by atoms with van der Waals surface area (Å²) in [7, 11) is 1.96. The molecule has 1 N–H and O–H groups in total. The zero-order valence-electron chi connectivity index (χ0n) is 15.3. The summed E-state index contributed by atoms with van der Waals surface area (Å²) < 4.78 is 2.01. The Labute approximate surface area is 165 Å². The molecule has 0 saturated heterocycles. The van der Waals surface area contributed by atoms with E-state index in [1.807, 2.05) is 35.9 Å². The number of hydrogen-bond acceptors (Lipinski definition) is 6. The van der Waals surface area contributed by atoms with E-state index in [2.05, 4.69) is 34.1 Å². The highest BCUT2D eigenvalue weighted by Gasteiger charge is 2.14. The Morgan fingerprint density at radius 1 is 1.26 bits per heavy atom. The summed E-state index contributed by atoms with van der Waals surface area (Å²) >= 11 is 3.11. The number of nitrogens with one attached hydrogen (secondary N) is 1. The van der Waals surface area contributed by atoms with Crippen LogP contribution in [-0.2, 0) is 18.4 Å². The van der Waals surface area contributed by atoms with Crippen molar-refractivity contribution in [1.82, 2.24) is 24.8 Å². The number of aromatic nitrogens is 4. The molecule has 0 bridgehead atoms. The monoisotopic (exact) mass is 397 g/mol. The maximum absolute atomic E-state index is 12.3. The largest absolute Gasteiger partial charge is 0.348 e. The fourth-order valence-corrected chi connectivity index (χ4v) is 4.92. The Balaban J connectivity index is 1.42. The molecule has 3 aromatic heterocycles. The van der Waals surface area contributed by atoms with E-state index in [0.717, 1.165) is 32.1 Å². The van der Waals surface area contributed by atoms with E-state index in [0.29, 0.717) is 12.3 Å². The van der Waals surface area contributed by atoms with E-state index >= 15 is 0 Å². The van der Waals surface area contributed by atoms with Gasteiger partial charge >= 0.3 is 0 Å². The van der Waals surface area contributed by atoms with Crippen molar-refractivity contribution in [3.05, 3.63) is 46.9 Å². The molecule has 6 nitrogen and oxygen atoms in total. The van der Waals surface area contributed by atoms with E-state index in [9.17, 15) is 4.79 Å². The van der Waals surface area contributed by atoms with Crippen LogP contribution in [0.1, 0.15) is 16.3 Å². The smallest absolute Gasteiger partial charge is 0.230 e. The molecular formula is C19H19N5OS2. The van der Waals surface area contributed by atoms with Gasteiger partial charge in [0.05, 0.1) is 23.3 Å². The van der Waals surface area contributed by atoms with E-state index in [1.165, 1.54) is 22.2 Å². The fourth-order valence-electron chi connectivity index (χ4n) is 2.98. The standard InChI is InChI=1S/C19H19N5OS2/c1-11-12(2)27-19-17(11)18(21-10-22-19)26-9-16(25)20-8-15-23-13-6-4-5-7-14(13)24(15)3/h4-7,10H,8-9H2,1-3H3,(H,20,25). The van der Waals surface area contributed by atoms with Crippen LogP contribution in [0.25, 0.3) is 21.3 Å². The molecule has 0 spiro atoms. The van der Waals surface area contributed by atoms with Gasteiger partial charge in [-0.1, -0.05) is 23.9 Å². The first kappa shape index (κ1) is 17.9. The number of carbonyl (C=O) groups excluding carboxylic acids is 1. The fraction of sp³-hybridized carbons (Fsp3) is 0.263. The zero-order valence-corrected chi connectivity index (χ0v) is 16.9. The predicted molar refractivity (Wildman–Crippen MR) is 110 cm³/mol. The van der Waals surface area contributed by atoms with Gasteiger partial charge in [0.25, 0.3) is 0 Å². The number of hydrogen-bond donors (Lipinski definition) is 1. The van der Waals surface area contributed by atoms with Crippen molar-refractivity contribution in [2.24, 2.45) is 7.05 Å². The lowest BCUT2D eigenvalue weighted by atomic mass is 10.2. The van der Waals surface area contributed by atoms with Crippen molar-refractivity contribution in [3.63, 3.8) is 0 Å². The van der Waals surface area contributed by atoms with E-state index in [1.54, 1.807) is 17.7 Å². The van der Waals surface area contributed by atoms with Crippen LogP contribution in [0, 0.1) is 13.8 Å². The third-order valence-electron chi connectivity index (χ3n) is 4.59. The number of rotatable bonds is 5. The molecule has 0 atom stereocenters. The second-order valence-electron chi connectivity index (χ2n) is 6.28. The number of para-hydroxylation sites is 2. The normalized spacial score (nSPS) is 11.4. The summed E-state index contributed by atoms with van der Waals surface area (Å²) in [6.45, 7) is 4.56. The molecule has 138 valence electrons. The van der Waals surface area contributed by atoms with Gasteiger partial charge < -0.3 is 9.88 Å². The average Bonchev–Trinajstić information content (AvgIpc) is 3.15. The molecule has 0 radical (unpaired) electrons. The number of nitrogens with zero attached hydrogens (tertiary/aromatic N) is 4. The summed E-state index contributed by atoms with van der Waals surface area (Å²) in [5.74, 6) is 1.11. The van der Waals surface area contributed by atoms with Gasteiger partial charge in [0.15, 0.2) is 0 Å². The van der Waals surface area contributed by atoms with Crippen LogP contribution in [0.3, 0.4) is 0 Å². The van der Waals surface area contributed by atoms with Gasteiger partial charge in [-0.2, -0.15) is 0 Å². The molecule has 4 aromatic rings. The molecular weight excluding hydrogens is 378 g/mol. The van der Waals surface area contributed by atoms with Crippen LogP contribution in [0.4, 0.5) is 0 Å². The highest BCUT2D eigenvalue weighted by Crippen LogP contribution is 2.34. The van der Waals surface area contributed by atoms with Gasteiger partial charge in [0, 0.05) is 17.3 Å². The minimum absolute atomic E-state index is 0.0385. The third-order valence-corrected chi connectivity index (χ3v) is 6.70. The highest BCUT2D eigenvalue weighted by atomic mass is 32.2. The number of imidazole rings is 1. The van der Waals surface area contributed by atoms with E-state index in [4.69, 9.17) is 0 Å². The Kier molecular flexibility index (Phi) is 4.84. The number of thiophene rings is 1. The highest BCUT2D eigenvalue weighted by molar-refractivity contribution is 8.00. The zero-order chi connectivity index (χ0) is 19.0. The second-order valence-corrected chi connectivity index (χ2v) is 8.45. The van der Waals surface area contributed by atoms with Crippen LogP contribution >= 0.6 is 23.1 Å². The maximum Gasteiger partial charge on any atom is 0.230 e. The van der Waals surface area contributed by atoms with Gasteiger partial charge in [-0.15, -0.1) is 11.3 Å². The number of benzene rings is 1. The molecule has 27 heavy (non-hydrogen) atoms. The lowest BCUT2D eigenvalue weighted by Crippen LogP contribution is -2.26. The number of carbonyl (C=O) groups is 1. The van der Waals surface area contributed by atoms with Gasteiger partial charge in [0.1, 0.15) is 22.0 Å². The molecule has 1 amide bonds. The van der Waals surface area contributed by atoms with Crippen LogP contribution in [-0.4, -0.2) is 31.2 Å². The minimum Gasteiger partial charge on any atom is -0.348 e. The Hall–Kier alpha value is -2.45. The maximum atomic E-state index is 12.3. The number of fused-ring (bicyclic) bond motifs is 2. The Bertz CT molecular complexity index is 1150. The van der Waals surface area contributed by atoms with Crippen LogP contribution in [0.2, 0.25) is 0 Å². The van der Waals surface area contributed by atoms with Crippen molar-refractivity contribution < 1.29 is 4.79 Å². The van der Waals surface area contributed by atoms with E-state index in [-0.39, 0.29) is 5.91 Å². The molecule has 0 unspecified atom stereocenters. The van der Waals surface area contributed by atoms with Crippen LogP contribution in [0.15, 0.2) is 35.6 Å². The molecule has 0 aliphatic heterocycles. The number of aryl methyl sites for hydroxylation is 3. The van der Waals surface area contributed by atoms with Crippen molar-refractivity contribution in [3.8, 4) is 0 Å². The van der Waals surface area contributed by atoms with Gasteiger partial charge in [-0.05, 0) is 31.5 Å². The van der Waals surface area contributed by atoms with E-state index < -0.39 is 0 Å². The van der Waals surface area contributed by atoms with Crippen LogP contribution < -0.4 is 5.32 Å². The van der Waals surface area contributed by atoms with Crippen molar-refractivity contribution in [2.75, 3.05) is 5.75 Å². The summed E-state index contributed by atoms with van der Waals surface area (Å²) in [6.07, 6.45) is 1.57. The first-order chi connectivity index (χ1) is 13.0. The Morgan fingerprint density at radius 2 is 2.07 bits per heavy atom. The predicted octanol–water partition coefficient (Wildman–Crippen LogP) is 3.60.